The summed E-state index contributed by atoms with van der Waals surface area (Å²) in [5.74, 6) is 0.130. The van der Waals surface area contributed by atoms with E-state index in [1.54, 1.807) is 12.1 Å². The monoisotopic (exact) mass is 296 g/mol. The summed E-state index contributed by atoms with van der Waals surface area (Å²) in [5, 5.41) is 22.3. The molecule has 22 heavy (non-hydrogen) atoms. The second kappa shape index (κ2) is 5.22. The second-order valence-corrected chi connectivity index (χ2v) is 5.55. The highest BCUT2D eigenvalue weighted by Gasteiger charge is 2.18. The highest BCUT2D eigenvalue weighted by molar-refractivity contribution is 6.14. The van der Waals surface area contributed by atoms with Crippen molar-refractivity contribution in [2.24, 2.45) is 0 Å². The fraction of sp³-hybridized carbons (Fsp3) is 0.167. The van der Waals surface area contributed by atoms with Crippen LogP contribution in [-0.2, 0) is 0 Å². The molecule has 3 aromatic rings. The lowest BCUT2D eigenvalue weighted by Crippen LogP contribution is -2.04. The number of phenolic OH excluding ortho intramolecular Hbond substituents is 1. The Kier molecular flexibility index (Phi) is 3.37. The van der Waals surface area contributed by atoms with Crippen molar-refractivity contribution in [3.05, 3.63) is 48.0 Å². The van der Waals surface area contributed by atoms with E-state index in [0.717, 1.165) is 16.3 Å². The van der Waals surface area contributed by atoms with Gasteiger partial charge in [0.15, 0.2) is 11.5 Å². The number of hydrogen-bond donors (Lipinski definition) is 2. The minimum absolute atomic E-state index is 0.0105. The maximum Gasteiger partial charge on any atom is 0.511 e. The molecule has 3 aromatic carbocycles. The first-order valence-electron chi connectivity index (χ1n) is 7.07. The molecular formula is C18H16O4. The molecule has 0 fully saturated rings. The van der Waals surface area contributed by atoms with Gasteiger partial charge in [0.2, 0.25) is 0 Å². The molecule has 0 aromatic heterocycles. The number of hydrogen-bond acceptors (Lipinski definition) is 3. The smallest absolute Gasteiger partial charge is 0.504 e. The zero-order valence-corrected chi connectivity index (χ0v) is 12.3. The quantitative estimate of drug-likeness (QED) is 0.402. The van der Waals surface area contributed by atoms with Gasteiger partial charge in [-0.15, -0.1) is 0 Å². The molecule has 0 unspecified atom stereocenters. The fourth-order valence-electron chi connectivity index (χ4n) is 2.71. The van der Waals surface area contributed by atoms with Crippen LogP contribution >= 0.6 is 0 Å². The van der Waals surface area contributed by atoms with Crippen LogP contribution in [0.25, 0.3) is 21.5 Å². The summed E-state index contributed by atoms with van der Waals surface area (Å²) < 4.78 is 4.87. The molecule has 0 atom stereocenters. The molecule has 0 aliphatic heterocycles. The maximum absolute atomic E-state index is 11.0. The van der Waals surface area contributed by atoms with Gasteiger partial charge in [-0.25, -0.2) is 4.79 Å². The van der Waals surface area contributed by atoms with Crippen molar-refractivity contribution in [1.82, 2.24) is 0 Å². The van der Waals surface area contributed by atoms with E-state index < -0.39 is 6.16 Å². The van der Waals surface area contributed by atoms with Crippen LogP contribution in [0.4, 0.5) is 4.79 Å². The van der Waals surface area contributed by atoms with Gasteiger partial charge >= 0.3 is 6.16 Å². The van der Waals surface area contributed by atoms with Gasteiger partial charge in [0, 0.05) is 10.8 Å². The van der Waals surface area contributed by atoms with Gasteiger partial charge in [-0.05, 0) is 28.3 Å². The Morgan fingerprint density at radius 3 is 2.27 bits per heavy atom. The summed E-state index contributed by atoms with van der Waals surface area (Å²) >= 11 is 0. The van der Waals surface area contributed by atoms with E-state index in [1.807, 2.05) is 30.3 Å². The Hall–Kier alpha value is -2.75. The summed E-state index contributed by atoms with van der Waals surface area (Å²) in [6.07, 6.45) is -1.44. The van der Waals surface area contributed by atoms with E-state index in [4.69, 9.17) is 9.84 Å². The van der Waals surface area contributed by atoms with Crippen LogP contribution in [0.5, 0.6) is 11.5 Å². The molecule has 0 heterocycles. The van der Waals surface area contributed by atoms with E-state index in [2.05, 4.69) is 13.8 Å². The minimum atomic E-state index is -1.44. The maximum atomic E-state index is 11.0. The normalized spacial score (nSPS) is 11.2. The van der Waals surface area contributed by atoms with Crippen molar-refractivity contribution in [3.63, 3.8) is 0 Å². The predicted molar refractivity (Wildman–Crippen MR) is 85.9 cm³/mol. The fourth-order valence-corrected chi connectivity index (χ4v) is 2.71. The van der Waals surface area contributed by atoms with Gasteiger partial charge in [0.1, 0.15) is 0 Å². The van der Waals surface area contributed by atoms with Crippen LogP contribution in [0.2, 0.25) is 0 Å². The van der Waals surface area contributed by atoms with Crippen LogP contribution in [0.3, 0.4) is 0 Å². The van der Waals surface area contributed by atoms with Gasteiger partial charge in [0.05, 0.1) is 0 Å². The number of benzene rings is 3. The molecule has 0 spiro atoms. The van der Waals surface area contributed by atoms with Crippen LogP contribution < -0.4 is 4.74 Å². The molecule has 0 aliphatic rings. The molecule has 4 nitrogen and oxygen atoms in total. The van der Waals surface area contributed by atoms with Gasteiger partial charge in [0.25, 0.3) is 0 Å². The third-order valence-corrected chi connectivity index (χ3v) is 3.83. The van der Waals surface area contributed by atoms with E-state index in [9.17, 15) is 9.90 Å². The van der Waals surface area contributed by atoms with Crippen LogP contribution in [0.15, 0.2) is 42.5 Å². The largest absolute Gasteiger partial charge is 0.511 e. The summed E-state index contributed by atoms with van der Waals surface area (Å²) in [6, 6.07) is 13.2. The third-order valence-electron chi connectivity index (χ3n) is 3.83. The molecule has 4 heteroatoms. The van der Waals surface area contributed by atoms with Gasteiger partial charge < -0.3 is 14.9 Å². The number of phenols is 1. The lowest BCUT2D eigenvalue weighted by atomic mass is 9.95. The van der Waals surface area contributed by atoms with Crippen LogP contribution in [0, 0.1) is 0 Å². The van der Waals surface area contributed by atoms with Crippen molar-refractivity contribution >= 4 is 27.7 Å². The molecule has 0 aliphatic carbocycles. The highest BCUT2D eigenvalue weighted by atomic mass is 16.7. The van der Waals surface area contributed by atoms with Gasteiger partial charge in [-0.1, -0.05) is 50.2 Å². The summed E-state index contributed by atoms with van der Waals surface area (Å²) in [4.78, 5) is 11.0. The van der Waals surface area contributed by atoms with Crippen molar-refractivity contribution in [3.8, 4) is 11.5 Å². The highest BCUT2D eigenvalue weighted by Crippen LogP contribution is 2.43. The molecule has 0 saturated heterocycles. The molecular weight excluding hydrogens is 280 g/mol. The van der Waals surface area contributed by atoms with Gasteiger partial charge in [-0.3, -0.25) is 0 Å². The number of carbonyl (C=O) groups is 1. The lowest BCUT2D eigenvalue weighted by molar-refractivity contribution is 0.143. The molecule has 0 radical (unpaired) electrons. The first-order valence-corrected chi connectivity index (χ1v) is 7.07. The Morgan fingerprint density at radius 2 is 1.64 bits per heavy atom. The summed E-state index contributed by atoms with van der Waals surface area (Å²) in [7, 11) is 0. The molecule has 0 saturated carbocycles. The van der Waals surface area contributed by atoms with Crippen molar-refractivity contribution < 1.29 is 19.7 Å². The number of carboxylic acid groups (broad SMARTS) is 1. The topological polar surface area (TPSA) is 66.8 Å². The van der Waals surface area contributed by atoms with Crippen LogP contribution in [-0.4, -0.2) is 16.4 Å². The Balaban J connectivity index is 2.46. The molecule has 112 valence electrons. The van der Waals surface area contributed by atoms with Gasteiger partial charge in [-0.2, -0.15) is 0 Å². The van der Waals surface area contributed by atoms with E-state index in [1.165, 1.54) is 0 Å². The van der Waals surface area contributed by atoms with Crippen molar-refractivity contribution in [2.75, 3.05) is 0 Å². The number of rotatable bonds is 2. The van der Waals surface area contributed by atoms with Crippen LogP contribution in [0.1, 0.15) is 25.3 Å². The van der Waals surface area contributed by atoms with Crippen molar-refractivity contribution in [1.29, 1.82) is 0 Å². The average Bonchev–Trinajstić information content (AvgIpc) is 2.50. The van der Waals surface area contributed by atoms with E-state index >= 15 is 0 Å². The lowest BCUT2D eigenvalue weighted by Gasteiger charge is -2.14. The van der Waals surface area contributed by atoms with E-state index in [-0.39, 0.29) is 17.4 Å². The zero-order chi connectivity index (χ0) is 15.9. The standard InChI is InChI=1S/C18H16O4/c1-10(2)11-7-8-13-12-5-3-4-6-14(12)16(19)17(15(13)9-11)22-18(20)21/h3-10,19H,1-2H3,(H,20,21). The van der Waals surface area contributed by atoms with E-state index in [0.29, 0.717) is 10.8 Å². The minimum Gasteiger partial charge on any atom is -0.504 e. The first kappa shape index (κ1) is 14.2. The predicted octanol–water partition coefficient (Wildman–Crippen LogP) is 4.88. The molecule has 3 rings (SSSR count). The average molecular weight is 296 g/mol. The third kappa shape index (κ3) is 2.22. The number of ether oxygens (including phenoxy) is 1. The Labute approximate surface area is 127 Å². The molecule has 2 N–H and O–H groups in total. The Bertz CT molecular complexity index is 881. The number of aromatic hydroxyl groups is 1. The van der Waals surface area contributed by atoms with Crippen molar-refractivity contribution in [2.45, 2.75) is 19.8 Å². The summed E-state index contributed by atoms with van der Waals surface area (Å²) in [5.41, 5.74) is 1.05. The molecule has 0 bridgehead atoms. The number of fused-ring (bicyclic) bond motifs is 3. The summed E-state index contributed by atoms with van der Waals surface area (Å²) in [6.45, 7) is 4.11. The molecule has 0 amide bonds. The first-order chi connectivity index (χ1) is 10.5. The SMILES string of the molecule is CC(C)c1ccc2c(c1)c(OC(=O)O)c(O)c1ccccc12. The zero-order valence-electron chi connectivity index (χ0n) is 12.3. The Morgan fingerprint density at radius 1 is 1.00 bits per heavy atom. The second-order valence-electron chi connectivity index (χ2n) is 5.55.